The summed E-state index contributed by atoms with van der Waals surface area (Å²) in [6, 6.07) is 9.18. The van der Waals surface area contributed by atoms with Gasteiger partial charge in [-0.05, 0) is 25.5 Å². The molecule has 1 amide bonds. The summed E-state index contributed by atoms with van der Waals surface area (Å²) in [5.41, 5.74) is -1.62. The van der Waals surface area contributed by atoms with E-state index >= 15 is 0 Å². The number of nitrogens with one attached hydrogen (secondary N) is 1. The zero-order chi connectivity index (χ0) is 17.2. The van der Waals surface area contributed by atoms with Crippen LogP contribution in [0.2, 0.25) is 0 Å². The second-order valence-electron chi connectivity index (χ2n) is 6.01. The summed E-state index contributed by atoms with van der Waals surface area (Å²) in [5.74, 6) is 0.681. The van der Waals surface area contributed by atoms with Gasteiger partial charge in [-0.15, -0.1) is 0 Å². The summed E-state index contributed by atoms with van der Waals surface area (Å²) in [4.78, 5) is 32.3. The van der Waals surface area contributed by atoms with Crippen LogP contribution in [0.1, 0.15) is 22.6 Å². The van der Waals surface area contributed by atoms with Gasteiger partial charge in [-0.2, -0.15) is 0 Å². The van der Waals surface area contributed by atoms with Gasteiger partial charge in [-0.25, -0.2) is 4.98 Å². The number of nitrogens with zero attached hydrogens (tertiary/aromatic N) is 2. The number of rotatable bonds is 4. The van der Waals surface area contributed by atoms with Crippen LogP contribution >= 0.6 is 0 Å². The van der Waals surface area contributed by atoms with Gasteiger partial charge in [-0.3, -0.25) is 9.59 Å². The van der Waals surface area contributed by atoms with Crippen molar-refractivity contribution in [1.29, 1.82) is 0 Å². The van der Waals surface area contributed by atoms with Crippen LogP contribution in [0.4, 0.5) is 0 Å². The van der Waals surface area contributed by atoms with Crippen molar-refractivity contribution in [1.82, 2.24) is 14.9 Å². The van der Waals surface area contributed by atoms with Gasteiger partial charge < -0.3 is 19.7 Å². The number of benzene rings is 1. The molecule has 1 atom stereocenters. The van der Waals surface area contributed by atoms with E-state index in [4.69, 9.17) is 4.74 Å². The maximum absolute atomic E-state index is 12.5. The first kappa shape index (κ1) is 16.2. The van der Waals surface area contributed by atoms with Crippen LogP contribution < -0.4 is 10.3 Å². The van der Waals surface area contributed by atoms with Gasteiger partial charge in [0.2, 0.25) is 0 Å². The standard InChI is InChI=1S/C17H19N3O4/c1-12-18-9-14(15(21)19-12)16(22)20-8-7-17(23,10-20)11-24-13-5-3-2-4-6-13/h2-6,9,23H,7-8,10-11H2,1H3,(H,18,19,21)/t17-/m0/s1. The van der Waals surface area contributed by atoms with Crippen molar-refractivity contribution in [2.45, 2.75) is 18.9 Å². The first-order chi connectivity index (χ1) is 11.5. The molecule has 0 radical (unpaired) electrons. The zero-order valence-corrected chi connectivity index (χ0v) is 13.4. The average Bonchev–Trinajstić information content (AvgIpc) is 2.96. The highest BCUT2D eigenvalue weighted by atomic mass is 16.5. The van der Waals surface area contributed by atoms with Crippen LogP contribution in [-0.2, 0) is 0 Å². The number of carbonyl (C=O) groups is 1. The molecule has 126 valence electrons. The third kappa shape index (κ3) is 3.46. The lowest BCUT2D eigenvalue weighted by molar-refractivity contribution is 0.00428. The molecule has 24 heavy (non-hydrogen) atoms. The smallest absolute Gasteiger partial charge is 0.263 e. The monoisotopic (exact) mass is 329 g/mol. The molecule has 1 aromatic carbocycles. The van der Waals surface area contributed by atoms with Gasteiger partial charge in [-0.1, -0.05) is 18.2 Å². The molecule has 1 fully saturated rings. The van der Waals surface area contributed by atoms with Gasteiger partial charge in [0.15, 0.2) is 0 Å². The number of β-amino-alcohol motifs (C(OH)–C–C–N with tert-alkyl or cyclic N) is 1. The van der Waals surface area contributed by atoms with Crippen LogP contribution in [0.15, 0.2) is 41.3 Å². The fourth-order valence-electron chi connectivity index (χ4n) is 2.69. The molecular weight excluding hydrogens is 310 g/mol. The topological polar surface area (TPSA) is 95.5 Å². The third-order valence-electron chi connectivity index (χ3n) is 4.03. The number of amides is 1. The fourth-order valence-corrected chi connectivity index (χ4v) is 2.69. The van der Waals surface area contributed by atoms with Crippen LogP contribution in [-0.4, -0.2) is 51.2 Å². The Morgan fingerprint density at radius 1 is 1.42 bits per heavy atom. The minimum absolute atomic E-state index is 0.0196. The van der Waals surface area contributed by atoms with Gasteiger partial charge in [0.25, 0.3) is 11.5 Å². The van der Waals surface area contributed by atoms with Crippen molar-refractivity contribution in [2.75, 3.05) is 19.7 Å². The van der Waals surface area contributed by atoms with Crippen molar-refractivity contribution < 1.29 is 14.6 Å². The summed E-state index contributed by atoms with van der Waals surface area (Å²) in [7, 11) is 0. The second-order valence-corrected chi connectivity index (χ2v) is 6.01. The van der Waals surface area contributed by atoms with Gasteiger partial charge in [0.1, 0.15) is 29.3 Å². The summed E-state index contributed by atoms with van der Waals surface area (Å²) in [6.45, 7) is 2.21. The SMILES string of the molecule is Cc1ncc(C(=O)N2CC[C@@](O)(COc3ccccc3)C2)c(=O)[nH]1. The molecule has 2 N–H and O–H groups in total. The van der Waals surface area contributed by atoms with Crippen LogP contribution in [0, 0.1) is 6.92 Å². The quantitative estimate of drug-likeness (QED) is 0.862. The Morgan fingerprint density at radius 3 is 2.88 bits per heavy atom. The minimum Gasteiger partial charge on any atom is -0.491 e. The Labute approximate surface area is 138 Å². The Bertz CT molecular complexity index is 790. The van der Waals surface area contributed by atoms with Gasteiger partial charge >= 0.3 is 0 Å². The Balaban J connectivity index is 1.65. The average molecular weight is 329 g/mol. The predicted octanol–water partition coefficient (Wildman–Crippen LogP) is 0.734. The number of likely N-dealkylation sites (tertiary alicyclic amines) is 1. The molecule has 1 aliphatic heterocycles. The first-order valence-corrected chi connectivity index (χ1v) is 7.72. The number of aliphatic hydroxyl groups is 1. The van der Waals surface area contributed by atoms with E-state index in [2.05, 4.69) is 9.97 Å². The number of hydrogen-bond donors (Lipinski definition) is 2. The summed E-state index contributed by atoms with van der Waals surface area (Å²) >= 11 is 0. The number of ether oxygens (including phenoxy) is 1. The summed E-state index contributed by atoms with van der Waals surface area (Å²) in [6.07, 6.45) is 1.66. The van der Waals surface area contributed by atoms with Crippen LogP contribution in [0.25, 0.3) is 0 Å². The Kier molecular flexibility index (Phi) is 4.35. The van der Waals surface area contributed by atoms with E-state index < -0.39 is 17.1 Å². The molecule has 0 bridgehead atoms. The lowest BCUT2D eigenvalue weighted by atomic mass is 10.1. The molecule has 0 unspecified atom stereocenters. The Hall–Kier alpha value is -2.67. The molecule has 0 aliphatic carbocycles. The van der Waals surface area contributed by atoms with E-state index in [1.54, 1.807) is 19.1 Å². The van der Waals surface area contributed by atoms with Crippen molar-refractivity contribution >= 4 is 5.91 Å². The van der Waals surface area contributed by atoms with E-state index in [0.29, 0.717) is 24.5 Å². The van der Waals surface area contributed by atoms with E-state index in [0.717, 1.165) is 0 Å². The number of carbonyl (C=O) groups excluding carboxylic acids is 1. The minimum atomic E-state index is -1.13. The van der Waals surface area contributed by atoms with Crippen molar-refractivity contribution in [3.05, 3.63) is 58.3 Å². The maximum Gasteiger partial charge on any atom is 0.263 e. The van der Waals surface area contributed by atoms with Crippen LogP contribution in [0.3, 0.4) is 0 Å². The number of aryl methyl sites for hydroxylation is 1. The molecule has 7 heteroatoms. The van der Waals surface area contributed by atoms with E-state index in [1.165, 1.54) is 11.1 Å². The number of aromatic amines is 1. The number of H-pyrrole nitrogens is 1. The Morgan fingerprint density at radius 2 is 2.17 bits per heavy atom. The molecule has 2 heterocycles. The molecule has 7 nitrogen and oxygen atoms in total. The summed E-state index contributed by atoms with van der Waals surface area (Å²) < 4.78 is 5.60. The van der Waals surface area contributed by atoms with E-state index in [-0.39, 0.29) is 18.7 Å². The largest absolute Gasteiger partial charge is 0.491 e. The highest BCUT2D eigenvalue weighted by molar-refractivity contribution is 5.93. The molecule has 1 aromatic heterocycles. The lowest BCUT2D eigenvalue weighted by Crippen LogP contribution is -2.41. The highest BCUT2D eigenvalue weighted by Gasteiger charge is 2.39. The van der Waals surface area contributed by atoms with Crippen LogP contribution in [0.5, 0.6) is 5.75 Å². The molecule has 0 spiro atoms. The van der Waals surface area contributed by atoms with E-state index in [9.17, 15) is 14.7 Å². The highest BCUT2D eigenvalue weighted by Crippen LogP contribution is 2.24. The molecule has 1 saturated heterocycles. The van der Waals surface area contributed by atoms with Gasteiger partial charge in [0.05, 0.1) is 6.54 Å². The summed E-state index contributed by atoms with van der Waals surface area (Å²) in [5, 5.41) is 10.6. The molecule has 0 saturated carbocycles. The van der Waals surface area contributed by atoms with Crippen molar-refractivity contribution in [3.8, 4) is 5.75 Å². The molecular formula is C17H19N3O4. The maximum atomic E-state index is 12.5. The number of para-hydroxylation sites is 1. The van der Waals surface area contributed by atoms with Crippen molar-refractivity contribution in [3.63, 3.8) is 0 Å². The predicted molar refractivity (Wildman–Crippen MR) is 87.0 cm³/mol. The zero-order valence-electron chi connectivity index (χ0n) is 13.4. The molecule has 2 aromatic rings. The first-order valence-electron chi connectivity index (χ1n) is 7.72. The number of hydrogen-bond acceptors (Lipinski definition) is 5. The molecule has 1 aliphatic rings. The lowest BCUT2D eigenvalue weighted by Gasteiger charge is -2.23. The second kappa shape index (κ2) is 6.45. The third-order valence-corrected chi connectivity index (χ3v) is 4.03. The number of aromatic nitrogens is 2. The normalized spacial score (nSPS) is 20.2. The van der Waals surface area contributed by atoms with Crippen molar-refractivity contribution in [2.24, 2.45) is 0 Å². The van der Waals surface area contributed by atoms with E-state index in [1.807, 2.05) is 18.2 Å². The van der Waals surface area contributed by atoms with Gasteiger partial charge in [0, 0.05) is 12.7 Å². The molecule has 3 rings (SSSR count). The fraction of sp³-hybridized carbons (Fsp3) is 0.353.